The summed E-state index contributed by atoms with van der Waals surface area (Å²) in [5, 5.41) is 6.32. The van der Waals surface area contributed by atoms with E-state index in [0.29, 0.717) is 18.2 Å². The van der Waals surface area contributed by atoms with Crippen LogP contribution in [-0.2, 0) is 6.42 Å². The van der Waals surface area contributed by atoms with Gasteiger partial charge in [0.05, 0.1) is 12.7 Å². The Kier molecular flexibility index (Phi) is 5.88. The maximum absolute atomic E-state index is 12.2. The summed E-state index contributed by atoms with van der Waals surface area (Å²) in [5.74, 6) is 1.64. The second-order valence-electron chi connectivity index (χ2n) is 6.41. The number of amides is 1. The number of carbonyl (C=O) groups is 1. The lowest BCUT2D eigenvalue weighted by Gasteiger charge is -2.26. The minimum atomic E-state index is -0.0718. The number of nitrogens with zero attached hydrogens (tertiary/aromatic N) is 1. The molecule has 0 spiro atoms. The Morgan fingerprint density at radius 3 is 2.60 bits per heavy atom. The van der Waals surface area contributed by atoms with Crippen LogP contribution in [0.15, 0.2) is 42.6 Å². The van der Waals surface area contributed by atoms with Crippen molar-refractivity contribution in [1.29, 1.82) is 0 Å². The molecule has 2 aromatic rings. The number of pyridine rings is 1. The minimum Gasteiger partial charge on any atom is -0.497 e. The van der Waals surface area contributed by atoms with E-state index in [9.17, 15) is 4.79 Å². The highest BCUT2D eigenvalue weighted by Gasteiger charge is 2.17. The van der Waals surface area contributed by atoms with Crippen LogP contribution >= 0.6 is 0 Å². The third kappa shape index (κ3) is 4.95. The van der Waals surface area contributed by atoms with Gasteiger partial charge in [-0.2, -0.15) is 0 Å². The number of rotatable bonds is 8. The number of nitrogens with one attached hydrogen (secondary N) is 2. The zero-order valence-corrected chi connectivity index (χ0v) is 14.6. The average Bonchev–Trinajstić information content (AvgIpc) is 2.62. The topological polar surface area (TPSA) is 63.2 Å². The largest absolute Gasteiger partial charge is 0.497 e. The van der Waals surface area contributed by atoms with Crippen molar-refractivity contribution in [2.24, 2.45) is 0 Å². The van der Waals surface area contributed by atoms with Crippen LogP contribution in [0.5, 0.6) is 5.75 Å². The molecular formula is C20H25N3O2. The van der Waals surface area contributed by atoms with Crippen LogP contribution in [0.3, 0.4) is 0 Å². The summed E-state index contributed by atoms with van der Waals surface area (Å²) in [6.45, 7) is 0.646. The van der Waals surface area contributed by atoms with Gasteiger partial charge in [-0.15, -0.1) is 0 Å². The number of anilines is 1. The molecule has 0 aliphatic heterocycles. The third-order valence-corrected chi connectivity index (χ3v) is 4.57. The molecule has 1 heterocycles. The van der Waals surface area contributed by atoms with Crippen LogP contribution in [0.2, 0.25) is 0 Å². The van der Waals surface area contributed by atoms with Gasteiger partial charge in [-0.25, -0.2) is 4.98 Å². The van der Waals surface area contributed by atoms with E-state index < -0.39 is 0 Å². The van der Waals surface area contributed by atoms with Gasteiger partial charge >= 0.3 is 0 Å². The SMILES string of the molecule is COc1ccc(CCCNC(=O)c2ccc(NC3CCC3)nc2)cc1. The summed E-state index contributed by atoms with van der Waals surface area (Å²) < 4.78 is 5.15. The zero-order chi connectivity index (χ0) is 17.5. The normalized spacial score (nSPS) is 13.8. The first kappa shape index (κ1) is 17.3. The van der Waals surface area contributed by atoms with Gasteiger partial charge in [0.15, 0.2) is 0 Å². The van der Waals surface area contributed by atoms with Gasteiger partial charge in [0.25, 0.3) is 5.91 Å². The van der Waals surface area contributed by atoms with Crippen LogP contribution in [0.4, 0.5) is 5.82 Å². The molecule has 1 saturated carbocycles. The molecule has 1 aromatic carbocycles. The molecule has 3 rings (SSSR count). The first-order valence-electron chi connectivity index (χ1n) is 8.88. The summed E-state index contributed by atoms with van der Waals surface area (Å²) in [7, 11) is 1.66. The van der Waals surface area contributed by atoms with Crippen LogP contribution in [-0.4, -0.2) is 30.6 Å². The number of aryl methyl sites for hydroxylation is 1. The monoisotopic (exact) mass is 339 g/mol. The Hall–Kier alpha value is -2.56. The van der Waals surface area contributed by atoms with Gasteiger partial charge in [0.2, 0.25) is 0 Å². The molecule has 1 aliphatic rings. The molecule has 2 N–H and O–H groups in total. The Morgan fingerprint density at radius 1 is 1.20 bits per heavy atom. The molecule has 1 aliphatic carbocycles. The summed E-state index contributed by atoms with van der Waals surface area (Å²) in [4.78, 5) is 16.5. The first-order chi connectivity index (χ1) is 12.2. The van der Waals surface area contributed by atoms with E-state index in [1.807, 2.05) is 24.3 Å². The van der Waals surface area contributed by atoms with Crippen LogP contribution in [0.25, 0.3) is 0 Å². The molecule has 0 atom stereocenters. The van der Waals surface area contributed by atoms with Gasteiger partial charge in [0, 0.05) is 18.8 Å². The minimum absolute atomic E-state index is 0.0718. The van der Waals surface area contributed by atoms with Gasteiger partial charge in [0.1, 0.15) is 11.6 Å². The smallest absolute Gasteiger partial charge is 0.252 e. The van der Waals surface area contributed by atoms with E-state index in [1.165, 1.54) is 24.8 Å². The quantitative estimate of drug-likeness (QED) is 0.724. The van der Waals surface area contributed by atoms with Crippen molar-refractivity contribution in [3.8, 4) is 5.75 Å². The Balaban J connectivity index is 1.39. The van der Waals surface area contributed by atoms with Crippen molar-refractivity contribution in [1.82, 2.24) is 10.3 Å². The van der Waals surface area contributed by atoms with Gasteiger partial charge in [-0.05, 0) is 61.9 Å². The average molecular weight is 339 g/mol. The number of carbonyl (C=O) groups excluding carboxylic acids is 1. The fourth-order valence-electron chi connectivity index (χ4n) is 2.76. The number of methoxy groups -OCH3 is 1. The molecule has 1 amide bonds. The lowest BCUT2D eigenvalue weighted by molar-refractivity contribution is 0.0953. The molecular weight excluding hydrogens is 314 g/mol. The van der Waals surface area contributed by atoms with E-state index in [0.717, 1.165) is 24.4 Å². The highest BCUT2D eigenvalue weighted by molar-refractivity contribution is 5.94. The Bertz CT molecular complexity index is 679. The summed E-state index contributed by atoms with van der Waals surface area (Å²) in [6, 6.07) is 12.3. The van der Waals surface area contributed by atoms with Gasteiger partial charge in [-0.3, -0.25) is 4.79 Å². The predicted octanol–water partition coefficient (Wildman–Crippen LogP) is 3.42. The van der Waals surface area contributed by atoms with Gasteiger partial charge < -0.3 is 15.4 Å². The molecule has 25 heavy (non-hydrogen) atoms. The Morgan fingerprint density at radius 2 is 2.00 bits per heavy atom. The lowest BCUT2D eigenvalue weighted by Crippen LogP contribution is -2.28. The van der Waals surface area contributed by atoms with Gasteiger partial charge in [-0.1, -0.05) is 12.1 Å². The van der Waals surface area contributed by atoms with Crippen molar-refractivity contribution in [2.75, 3.05) is 19.0 Å². The molecule has 132 valence electrons. The summed E-state index contributed by atoms with van der Waals surface area (Å²) in [6.07, 6.45) is 7.16. The third-order valence-electron chi connectivity index (χ3n) is 4.57. The lowest BCUT2D eigenvalue weighted by atomic mass is 9.93. The van der Waals surface area contributed by atoms with E-state index in [-0.39, 0.29) is 5.91 Å². The van der Waals surface area contributed by atoms with Crippen molar-refractivity contribution >= 4 is 11.7 Å². The summed E-state index contributed by atoms with van der Waals surface area (Å²) in [5.41, 5.74) is 1.84. The summed E-state index contributed by atoms with van der Waals surface area (Å²) >= 11 is 0. The second-order valence-corrected chi connectivity index (χ2v) is 6.41. The molecule has 1 fully saturated rings. The molecule has 0 radical (unpaired) electrons. The Labute approximate surface area is 148 Å². The van der Waals surface area contributed by atoms with E-state index in [2.05, 4.69) is 27.8 Å². The van der Waals surface area contributed by atoms with Crippen molar-refractivity contribution in [2.45, 2.75) is 38.1 Å². The predicted molar refractivity (Wildman–Crippen MR) is 99.1 cm³/mol. The van der Waals surface area contributed by atoms with E-state index in [4.69, 9.17) is 4.74 Å². The van der Waals surface area contributed by atoms with Crippen molar-refractivity contribution < 1.29 is 9.53 Å². The number of ether oxygens (including phenoxy) is 1. The number of hydrogen-bond acceptors (Lipinski definition) is 4. The maximum Gasteiger partial charge on any atom is 0.252 e. The molecule has 1 aromatic heterocycles. The fraction of sp³-hybridized carbons (Fsp3) is 0.400. The fourth-order valence-corrected chi connectivity index (χ4v) is 2.76. The molecule has 5 nitrogen and oxygen atoms in total. The van der Waals surface area contributed by atoms with E-state index in [1.54, 1.807) is 13.3 Å². The van der Waals surface area contributed by atoms with Crippen LogP contribution in [0, 0.1) is 0 Å². The second kappa shape index (κ2) is 8.51. The maximum atomic E-state index is 12.2. The van der Waals surface area contributed by atoms with Crippen LogP contribution in [0.1, 0.15) is 41.6 Å². The number of aromatic nitrogens is 1. The highest BCUT2D eigenvalue weighted by Crippen LogP contribution is 2.22. The molecule has 0 saturated heterocycles. The van der Waals surface area contributed by atoms with E-state index >= 15 is 0 Å². The standard InChI is InChI=1S/C20H25N3O2/c1-25-18-10-7-15(8-11-18)4-3-13-21-20(24)16-9-12-19(22-14-16)23-17-5-2-6-17/h7-12,14,17H,2-6,13H2,1H3,(H,21,24)(H,22,23). The molecule has 0 unspecified atom stereocenters. The van der Waals surface area contributed by atoms with Crippen LogP contribution < -0.4 is 15.4 Å². The highest BCUT2D eigenvalue weighted by atomic mass is 16.5. The number of benzene rings is 1. The number of hydrogen-bond donors (Lipinski definition) is 2. The van der Waals surface area contributed by atoms with Crippen molar-refractivity contribution in [3.05, 3.63) is 53.7 Å². The first-order valence-corrected chi connectivity index (χ1v) is 8.88. The van der Waals surface area contributed by atoms with Crippen molar-refractivity contribution in [3.63, 3.8) is 0 Å². The zero-order valence-electron chi connectivity index (χ0n) is 14.6. The molecule has 0 bridgehead atoms. The molecule has 5 heteroatoms.